The summed E-state index contributed by atoms with van der Waals surface area (Å²) >= 11 is 6.99. The first-order valence-corrected chi connectivity index (χ1v) is 7.81. The second-order valence-electron chi connectivity index (χ2n) is 4.16. The Morgan fingerprint density at radius 2 is 2.05 bits per heavy atom. The van der Waals surface area contributed by atoms with Gasteiger partial charge in [-0.25, -0.2) is 0 Å². The summed E-state index contributed by atoms with van der Waals surface area (Å²) in [6, 6.07) is 6.98. The SMILES string of the molecule is CCOC(=O)CC(=O)CSc1nnnn1-c1ccc(Cl)cc1. The molecule has 2 aromatic rings. The minimum Gasteiger partial charge on any atom is -0.466 e. The third kappa shape index (κ3) is 4.54. The Kier molecular flexibility index (Phi) is 5.91. The van der Waals surface area contributed by atoms with Gasteiger partial charge in [0, 0.05) is 5.02 Å². The average molecular weight is 341 g/mol. The molecule has 2 rings (SSSR count). The molecule has 1 heterocycles. The third-order valence-corrected chi connectivity index (χ3v) is 3.75. The van der Waals surface area contributed by atoms with E-state index in [-0.39, 0.29) is 24.6 Å². The van der Waals surface area contributed by atoms with Crippen molar-refractivity contribution in [3.05, 3.63) is 29.3 Å². The molecule has 9 heteroatoms. The van der Waals surface area contributed by atoms with E-state index in [0.29, 0.717) is 10.2 Å². The molecule has 0 saturated carbocycles. The number of ether oxygens (including phenoxy) is 1. The summed E-state index contributed by atoms with van der Waals surface area (Å²) < 4.78 is 6.23. The minimum atomic E-state index is -0.523. The average Bonchev–Trinajstić information content (AvgIpc) is 2.94. The number of hydrogen-bond donors (Lipinski definition) is 0. The molecular weight excluding hydrogens is 328 g/mol. The van der Waals surface area contributed by atoms with Crippen molar-refractivity contribution in [2.45, 2.75) is 18.5 Å². The maximum atomic E-state index is 11.7. The van der Waals surface area contributed by atoms with Crippen LogP contribution in [-0.4, -0.2) is 44.3 Å². The summed E-state index contributed by atoms with van der Waals surface area (Å²) in [5.74, 6) is -0.674. The van der Waals surface area contributed by atoms with Crippen LogP contribution in [-0.2, 0) is 14.3 Å². The second-order valence-corrected chi connectivity index (χ2v) is 5.54. The van der Waals surface area contributed by atoms with Crippen LogP contribution in [0.15, 0.2) is 29.4 Å². The van der Waals surface area contributed by atoms with Crippen molar-refractivity contribution in [1.82, 2.24) is 20.2 Å². The highest BCUT2D eigenvalue weighted by molar-refractivity contribution is 7.99. The zero-order valence-corrected chi connectivity index (χ0v) is 13.3. The number of nitrogens with zero attached hydrogens (tertiary/aromatic N) is 4. The van der Waals surface area contributed by atoms with E-state index < -0.39 is 5.97 Å². The molecule has 0 spiro atoms. The molecule has 0 atom stereocenters. The zero-order valence-electron chi connectivity index (χ0n) is 11.7. The highest BCUT2D eigenvalue weighted by Gasteiger charge is 2.14. The molecule has 0 radical (unpaired) electrons. The van der Waals surface area contributed by atoms with E-state index in [2.05, 4.69) is 15.5 Å². The van der Waals surface area contributed by atoms with Crippen LogP contribution in [0.1, 0.15) is 13.3 Å². The van der Waals surface area contributed by atoms with Gasteiger partial charge in [-0.15, -0.1) is 5.10 Å². The summed E-state index contributed by atoms with van der Waals surface area (Å²) in [5.41, 5.74) is 0.731. The number of aromatic nitrogens is 4. The Morgan fingerprint density at radius 3 is 2.73 bits per heavy atom. The van der Waals surface area contributed by atoms with Crippen molar-refractivity contribution in [2.75, 3.05) is 12.4 Å². The van der Waals surface area contributed by atoms with Gasteiger partial charge in [0.15, 0.2) is 5.78 Å². The quantitative estimate of drug-likeness (QED) is 0.432. The van der Waals surface area contributed by atoms with Crippen LogP contribution in [0.3, 0.4) is 0 Å². The molecular formula is C13H13ClN4O3S. The molecule has 116 valence electrons. The maximum Gasteiger partial charge on any atom is 0.313 e. The van der Waals surface area contributed by atoms with Crippen LogP contribution in [0.4, 0.5) is 0 Å². The molecule has 22 heavy (non-hydrogen) atoms. The van der Waals surface area contributed by atoms with E-state index in [9.17, 15) is 9.59 Å². The van der Waals surface area contributed by atoms with Crippen molar-refractivity contribution < 1.29 is 14.3 Å². The first kappa shape index (κ1) is 16.4. The fourth-order valence-corrected chi connectivity index (χ4v) is 2.46. The smallest absolute Gasteiger partial charge is 0.313 e. The number of ketones is 1. The number of benzene rings is 1. The number of esters is 1. The number of Topliss-reactive ketones (excluding diaryl/α,β-unsaturated/α-hetero) is 1. The van der Waals surface area contributed by atoms with Crippen molar-refractivity contribution in [3.8, 4) is 5.69 Å². The van der Waals surface area contributed by atoms with E-state index in [1.165, 1.54) is 4.68 Å². The number of tetrazole rings is 1. The van der Waals surface area contributed by atoms with Crippen LogP contribution in [0.5, 0.6) is 0 Å². The van der Waals surface area contributed by atoms with Crippen LogP contribution in [0.25, 0.3) is 5.69 Å². The Bertz CT molecular complexity index is 660. The Balaban J connectivity index is 1.97. The lowest BCUT2D eigenvalue weighted by atomic mass is 10.3. The number of halogens is 1. The van der Waals surface area contributed by atoms with Gasteiger partial charge in [-0.3, -0.25) is 9.59 Å². The third-order valence-electron chi connectivity index (χ3n) is 2.52. The number of rotatable bonds is 7. The molecule has 0 aliphatic heterocycles. The summed E-state index contributed by atoms with van der Waals surface area (Å²) in [7, 11) is 0. The minimum absolute atomic E-state index is 0.0901. The fourth-order valence-electron chi connectivity index (χ4n) is 1.58. The van der Waals surface area contributed by atoms with Crippen molar-refractivity contribution in [3.63, 3.8) is 0 Å². The standard InChI is InChI=1S/C13H13ClN4O3S/c1-2-21-12(20)7-11(19)8-22-13-15-16-17-18(13)10-5-3-9(14)4-6-10/h3-6H,2,7-8H2,1H3. The second kappa shape index (κ2) is 7.90. The first-order chi connectivity index (χ1) is 10.6. The van der Waals surface area contributed by atoms with Crippen LogP contribution in [0, 0.1) is 0 Å². The molecule has 0 unspecified atom stereocenters. The van der Waals surface area contributed by atoms with Gasteiger partial charge in [0.05, 0.1) is 18.0 Å². The molecule has 0 amide bonds. The normalized spacial score (nSPS) is 10.5. The molecule has 1 aromatic heterocycles. The van der Waals surface area contributed by atoms with E-state index in [0.717, 1.165) is 17.4 Å². The molecule has 7 nitrogen and oxygen atoms in total. The lowest BCUT2D eigenvalue weighted by Gasteiger charge is -2.04. The predicted octanol–water partition coefficient (Wildman–Crippen LogP) is 1.93. The van der Waals surface area contributed by atoms with Crippen LogP contribution in [0.2, 0.25) is 5.02 Å². The summed E-state index contributed by atoms with van der Waals surface area (Å²) in [6.07, 6.45) is -0.247. The molecule has 0 fully saturated rings. The van der Waals surface area contributed by atoms with Crippen LogP contribution >= 0.6 is 23.4 Å². The van der Waals surface area contributed by atoms with Gasteiger partial charge in [0.2, 0.25) is 5.16 Å². The van der Waals surface area contributed by atoms with Gasteiger partial charge in [-0.2, -0.15) is 4.68 Å². The van der Waals surface area contributed by atoms with E-state index in [1.54, 1.807) is 31.2 Å². The van der Waals surface area contributed by atoms with Gasteiger partial charge in [-0.1, -0.05) is 23.4 Å². The van der Waals surface area contributed by atoms with Crippen molar-refractivity contribution in [2.24, 2.45) is 0 Å². The monoisotopic (exact) mass is 340 g/mol. The van der Waals surface area contributed by atoms with Crippen molar-refractivity contribution >= 4 is 35.1 Å². The van der Waals surface area contributed by atoms with Crippen molar-refractivity contribution in [1.29, 1.82) is 0 Å². The van der Waals surface area contributed by atoms with Gasteiger partial charge >= 0.3 is 5.97 Å². The zero-order chi connectivity index (χ0) is 15.9. The Labute approximate surface area is 136 Å². The molecule has 0 bridgehead atoms. The first-order valence-electron chi connectivity index (χ1n) is 6.44. The number of carbonyl (C=O) groups excluding carboxylic acids is 2. The number of carbonyl (C=O) groups is 2. The maximum absolute atomic E-state index is 11.7. The Morgan fingerprint density at radius 1 is 1.32 bits per heavy atom. The lowest BCUT2D eigenvalue weighted by Crippen LogP contribution is -2.13. The topological polar surface area (TPSA) is 87.0 Å². The largest absolute Gasteiger partial charge is 0.466 e. The lowest BCUT2D eigenvalue weighted by molar-refractivity contribution is -0.145. The number of hydrogen-bond acceptors (Lipinski definition) is 7. The fraction of sp³-hybridized carbons (Fsp3) is 0.308. The highest BCUT2D eigenvalue weighted by Crippen LogP contribution is 2.19. The summed E-state index contributed by atoms with van der Waals surface area (Å²) in [6.45, 7) is 1.95. The molecule has 1 aromatic carbocycles. The molecule has 0 saturated heterocycles. The van der Waals surface area contributed by atoms with Gasteiger partial charge in [-0.05, 0) is 41.6 Å². The van der Waals surface area contributed by atoms with Gasteiger partial charge in [0.25, 0.3) is 0 Å². The van der Waals surface area contributed by atoms with E-state index >= 15 is 0 Å². The summed E-state index contributed by atoms with van der Waals surface area (Å²) in [5, 5.41) is 12.4. The highest BCUT2D eigenvalue weighted by atomic mass is 35.5. The Hall–Kier alpha value is -1.93. The number of thioether (sulfide) groups is 1. The predicted molar refractivity (Wildman–Crippen MR) is 81.1 cm³/mol. The molecule has 0 N–H and O–H groups in total. The summed E-state index contributed by atoms with van der Waals surface area (Å²) in [4.78, 5) is 22.9. The van der Waals surface area contributed by atoms with Gasteiger partial charge in [0.1, 0.15) is 6.42 Å². The molecule has 0 aliphatic rings. The van der Waals surface area contributed by atoms with Gasteiger partial charge < -0.3 is 4.74 Å². The van der Waals surface area contributed by atoms with E-state index in [4.69, 9.17) is 16.3 Å². The molecule has 0 aliphatic carbocycles. The van der Waals surface area contributed by atoms with Crippen LogP contribution < -0.4 is 0 Å². The van der Waals surface area contributed by atoms with E-state index in [1.807, 2.05) is 0 Å².